The number of piperazine rings is 1. The fourth-order valence-electron chi connectivity index (χ4n) is 4.83. The van der Waals surface area contributed by atoms with Gasteiger partial charge >= 0.3 is 0 Å². The average molecular weight is 459 g/mol. The van der Waals surface area contributed by atoms with Gasteiger partial charge in [0.2, 0.25) is 5.91 Å². The number of ether oxygens (including phenoxy) is 1. The van der Waals surface area contributed by atoms with Crippen LogP contribution in [0.2, 0.25) is 0 Å². The second kappa shape index (κ2) is 9.79. The van der Waals surface area contributed by atoms with Crippen LogP contribution in [0.3, 0.4) is 0 Å². The van der Waals surface area contributed by atoms with Crippen molar-refractivity contribution in [2.45, 2.75) is 44.6 Å². The normalized spacial score (nSPS) is 27.4. The van der Waals surface area contributed by atoms with Gasteiger partial charge in [-0.05, 0) is 37.2 Å². The summed E-state index contributed by atoms with van der Waals surface area (Å²) in [6.45, 7) is 7.67. The van der Waals surface area contributed by atoms with Crippen molar-refractivity contribution in [2.75, 3.05) is 51.3 Å². The van der Waals surface area contributed by atoms with Gasteiger partial charge in [0.25, 0.3) is 5.91 Å². The minimum Gasteiger partial charge on any atom is -0.388 e. The molecule has 9 nitrogen and oxygen atoms in total. The van der Waals surface area contributed by atoms with Gasteiger partial charge in [0, 0.05) is 37.4 Å². The fourth-order valence-corrected chi connectivity index (χ4v) is 4.83. The number of fused-ring (bicyclic) bond motifs is 1. The Hall–Kier alpha value is -2.49. The van der Waals surface area contributed by atoms with Crippen LogP contribution in [0.1, 0.15) is 30.6 Å². The molecule has 1 aromatic rings. The Morgan fingerprint density at radius 2 is 1.85 bits per heavy atom. The monoisotopic (exact) mass is 458 g/mol. The van der Waals surface area contributed by atoms with Crippen LogP contribution in [0.4, 0.5) is 5.69 Å². The molecule has 180 valence electrons. The summed E-state index contributed by atoms with van der Waals surface area (Å²) < 4.78 is 5.38. The molecule has 1 aromatic carbocycles. The molecule has 33 heavy (non-hydrogen) atoms. The Morgan fingerprint density at radius 3 is 2.48 bits per heavy atom. The lowest BCUT2D eigenvalue weighted by molar-refractivity contribution is -0.139. The van der Waals surface area contributed by atoms with Gasteiger partial charge in [-0.1, -0.05) is 20.3 Å². The van der Waals surface area contributed by atoms with Gasteiger partial charge in [0.15, 0.2) is 5.78 Å². The SMILES string of the molecule is CCC(C)[C@H](NC(=O)c1ccc(N2CCN(C)CC2)cc1)C(=O)N1C[C@H](O)[C@H]2OCC(=O)[C@H]21. The van der Waals surface area contributed by atoms with Crippen LogP contribution < -0.4 is 10.2 Å². The molecule has 5 atom stereocenters. The number of amides is 2. The van der Waals surface area contributed by atoms with E-state index in [9.17, 15) is 19.5 Å². The number of nitrogens with zero attached hydrogens (tertiary/aromatic N) is 3. The number of β-amino-alcohol motifs (C(OH)–C–C–N with tert-alkyl or cyclic N) is 1. The standard InChI is InChI=1S/C24H34N4O5/c1-4-15(2)20(24(32)28-13-18(29)22-21(28)19(30)14-33-22)25-23(31)16-5-7-17(8-6-16)27-11-9-26(3)10-12-27/h5-8,15,18,20-22,29H,4,9-14H2,1-3H3,(H,25,31)/t15?,18-,20-,21+,22+/m0/s1. The zero-order valence-electron chi connectivity index (χ0n) is 19.6. The molecule has 0 radical (unpaired) electrons. The third-order valence-electron chi connectivity index (χ3n) is 7.20. The van der Waals surface area contributed by atoms with Gasteiger partial charge in [-0.2, -0.15) is 0 Å². The highest BCUT2D eigenvalue weighted by atomic mass is 16.5. The van der Waals surface area contributed by atoms with E-state index in [-0.39, 0.29) is 36.7 Å². The van der Waals surface area contributed by atoms with E-state index in [1.165, 1.54) is 4.90 Å². The first kappa shape index (κ1) is 23.7. The Labute approximate surface area is 194 Å². The summed E-state index contributed by atoms with van der Waals surface area (Å²) in [5.41, 5.74) is 1.56. The maximum Gasteiger partial charge on any atom is 0.251 e. The minimum atomic E-state index is -0.902. The quantitative estimate of drug-likeness (QED) is 0.624. The van der Waals surface area contributed by atoms with E-state index in [0.29, 0.717) is 12.0 Å². The molecule has 4 rings (SSSR count). The molecule has 0 aliphatic carbocycles. The first-order valence-corrected chi connectivity index (χ1v) is 11.8. The second-order valence-corrected chi connectivity index (χ2v) is 9.42. The van der Waals surface area contributed by atoms with Gasteiger partial charge in [-0.25, -0.2) is 0 Å². The number of hydrogen-bond acceptors (Lipinski definition) is 7. The molecule has 2 amide bonds. The van der Waals surface area contributed by atoms with Crippen LogP contribution in [0.25, 0.3) is 0 Å². The van der Waals surface area contributed by atoms with Crippen molar-refractivity contribution in [1.29, 1.82) is 0 Å². The molecule has 0 bridgehead atoms. The largest absolute Gasteiger partial charge is 0.388 e. The number of Topliss-reactive ketones (excluding diaryl/α,β-unsaturated/α-hetero) is 1. The van der Waals surface area contributed by atoms with Gasteiger partial charge in [-0.3, -0.25) is 14.4 Å². The molecule has 0 saturated carbocycles. The number of carbonyl (C=O) groups is 3. The number of carbonyl (C=O) groups excluding carboxylic acids is 3. The number of nitrogens with one attached hydrogen (secondary N) is 1. The molecule has 0 aromatic heterocycles. The number of benzene rings is 1. The summed E-state index contributed by atoms with van der Waals surface area (Å²) in [6, 6.07) is 5.88. The van der Waals surface area contributed by atoms with E-state index in [2.05, 4.69) is 22.2 Å². The maximum absolute atomic E-state index is 13.4. The third kappa shape index (κ3) is 4.76. The van der Waals surface area contributed by atoms with Crippen LogP contribution in [0, 0.1) is 5.92 Å². The van der Waals surface area contributed by atoms with Gasteiger partial charge in [0.1, 0.15) is 30.9 Å². The van der Waals surface area contributed by atoms with Crippen LogP contribution >= 0.6 is 0 Å². The summed E-state index contributed by atoms with van der Waals surface area (Å²) in [4.78, 5) is 44.7. The van der Waals surface area contributed by atoms with Crippen molar-refractivity contribution >= 4 is 23.3 Å². The Kier molecular flexibility index (Phi) is 7.02. The molecule has 3 saturated heterocycles. The molecule has 3 aliphatic rings. The molecule has 9 heteroatoms. The number of hydrogen-bond donors (Lipinski definition) is 2. The maximum atomic E-state index is 13.4. The number of rotatable bonds is 6. The summed E-state index contributed by atoms with van der Waals surface area (Å²) in [5.74, 6) is -1.03. The smallest absolute Gasteiger partial charge is 0.251 e. The zero-order valence-corrected chi connectivity index (χ0v) is 19.6. The molecular formula is C24H34N4O5. The van der Waals surface area contributed by atoms with Crippen molar-refractivity contribution in [3.05, 3.63) is 29.8 Å². The number of aliphatic hydroxyl groups excluding tert-OH is 1. The summed E-state index contributed by atoms with van der Waals surface area (Å²) in [5, 5.41) is 13.1. The van der Waals surface area contributed by atoms with Gasteiger partial charge in [0.05, 0.1) is 6.54 Å². The van der Waals surface area contributed by atoms with Crippen molar-refractivity contribution < 1.29 is 24.2 Å². The van der Waals surface area contributed by atoms with E-state index in [1.807, 2.05) is 26.0 Å². The topological polar surface area (TPSA) is 102 Å². The Morgan fingerprint density at radius 1 is 1.18 bits per heavy atom. The molecule has 0 spiro atoms. The number of aliphatic hydroxyl groups is 1. The average Bonchev–Trinajstić information content (AvgIpc) is 3.37. The van der Waals surface area contributed by atoms with E-state index in [1.54, 1.807) is 12.1 Å². The third-order valence-corrected chi connectivity index (χ3v) is 7.20. The summed E-state index contributed by atoms with van der Waals surface area (Å²) in [7, 11) is 2.11. The number of likely N-dealkylation sites (tertiary alicyclic amines) is 1. The van der Waals surface area contributed by atoms with Crippen molar-refractivity contribution in [3.8, 4) is 0 Å². The minimum absolute atomic E-state index is 0.0302. The lowest BCUT2D eigenvalue weighted by Crippen LogP contribution is -2.54. The molecule has 1 unspecified atom stereocenters. The molecule has 2 N–H and O–H groups in total. The van der Waals surface area contributed by atoms with Crippen LogP contribution in [0.5, 0.6) is 0 Å². The highest BCUT2D eigenvalue weighted by molar-refractivity contribution is 5.99. The number of anilines is 1. The first-order chi connectivity index (χ1) is 15.8. The highest BCUT2D eigenvalue weighted by Gasteiger charge is 2.53. The highest BCUT2D eigenvalue weighted by Crippen LogP contribution is 2.29. The number of ketones is 1. The molecule has 3 heterocycles. The van der Waals surface area contributed by atoms with Crippen molar-refractivity contribution in [2.24, 2.45) is 5.92 Å². The van der Waals surface area contributed by atoms with E-state index in [4.69, 9.17) is 4.74 Å². The predicted octanol–water partition coefficient (Wildman–Crippen LogP) is 0.123. The fraction of sp³-hybridized carbons (Fsp3) is 0.625. The molecule has 3 fully saturated rings. The predicted molar refractivity (Wildman–Crippen MR) is 123 cm³/mol. The molecular weight excluding hydrogens is 424 g/mol. The van der Waals surface area contributed by atoms with E-state index < -0.39 is 24.3 Å². The zero-order chi connectivity index (χ0) is 23.7. The summed E-state index contributed by atoms with van der Waals surface area (Å²) in [6.07, 6.45) is -0.911. The van der Waals surface area contributed by atoms with E-state index in [0.717, 1.165) is 31.9 Å². The Balaban J connectivity index is 1.45. The lowest BCUT2D eigenvalue weighted by Gasteiger charge is -2.34. The van der Waals surface area contributed by atoms with Crippen molar-refractivity contribution in [3.63, 3.8) is 0 Å². The lowest BCUT2D eigenvalue weighted by atomic mass is 9.96. The van der Waals surface area contributed by atoms with E-state index >= 15 is 0 Å². The Bertz CT molecular complexity index is 883. The van der Waals surface area contributed by atoms with Gasteiger partial charge < -0.3 is 29.9 Å². The van der Waals surface area contributed by atoms with Crippen LogP contribution in [0.15, 0.2) is 24.3 Å². The molecule has 3 aliphatic heterocycles. The van der Waals surface area contributed by atoms with Gasteiger partial charge in [-0.15, -0.1) is 0 Å². The van der Waals surface area contributed by atoms with Crippen LogP contribution in [-0.2, 0) is 14.3 Å². The second-order valence-electron chi connectivity index (χ2n) is 9.42. The van der Waals surface area contributed by atoms with Crippen molar-refractivity contribution in [1.82, 2.24) is 15.1 Å². The first-order valence-electron chi connectivity index (χ1n) is 11.8. The number of likely N-dealkylation sites (N-methyl/N-ethyl adjacent to an activating group) is 1. The van der Waals surface area contributed by atoms with Crippen LogP contribution in [-0.4, -0.2) is 103 Å². The summed E-state index contributed by atoms with van der Waals surface area (Å²) >= 11 is 0.